The van der Waals surface area contributed by atoms with Crippen LogP contribution < -0.4 is 10.2 Å². The molecule has 2 rings (SSSR count). The Morgan fingerprint density at radius 2 is 2.05 bits per heavy atom. The van der Waals surface area contributed by atoms with E-state index in [2.05, 4.69) is 42.3 Å². The Morgan fingerprint density at radius 3 is 2.68 bits per heavy atom. The first-order valence-corrected chi connectivity index (χ1v) is 7.66. The van der Waals surface area contributed by atoms with Crippen LogP contribution in [0.1, 0.15) is 45.7 Å². The van der Waals surface area contributed by atoms with Crippen LogP contribution in [0.5, 0.6) is 0 Å². The van der Waals surface area contributed by atoms with Crippen molar-refractivity contribution in [3.8, 4) is 0 Å². The molecule has 1 aromatic rings. The second-order valence-electron chi connectivity index (χ2n) is 5.68. The Labute approximate surface area is 117 Å². The molecule has 4 nitrogen and oxygen atoms in total. The van der Waals surface area contributed by atoms with Crippen molar-refractivity contribution in [1.29, 1.82) is 0 Å². The molecule has 1 N–H and O–H groups in total. The van der Waals surface area contributed by atoms with Gasteiger partial charge in [0.05, 0.1) is 11.4 Å². The quantitative estimate of drug-likeness (QED) is 0.906. The summed E-state index contributed by atoms with van der Waals surface area (Å²) in [6.45, 7) is 10.1. The van der Waals surface area contributed by atoms with Crippen molar-refractivity contribution >= 4 is 5.69 Å². The van der Waals surface area contributed by atoms with Crippen molar-refractivity contribution in [3.63, 3.8) is 0 Å². The van der Waals surface area contributed by atoms with Gasteiger partial charge in [-0.25, -0.2) is 0 Å². The molecule has 1 aliphatic rings. The molecule has 19 heavy (non-hydrogen) atoms. The van der Waals surface area contributed by atoms with Gasteiger partial charge in [0, 0.05) is 31.9 Å². The summed E-state index contributed by atoms with van der Waals surface area (Å²) in [4.78, 5) is 2.54. The van der Waals surface area contributed by atoms with Gasteiger partial charge < -0.3 is 10.2 Å². The van der Waals surface area contributed by atoms with Gasteiger partial charge >= 0.3 is 0 Å². The zero-order valence-electron chi connectivity index (χ0n) is 12.9. The topological polar surface area (TPSA) is 33.1 Å². The Morgan fingerprint density at radius 1 is 1.32 bits per heavy atom. The first kappa shape index (κ1) is 14.4. The molecule has 0 atom stereocenters. The third kappa shape index (κ3) is 2.94. The van der Waals surface area contributed by atoms with E-state index in [1.807, 2.05) is 11.7 Å². The van der Waals surface area contributed by atoms with Crippen molar-refractivity contribution < 1.29 is 0 Å². The van der Waals surface area contributed by atoms with Crippen LogP contribution in [-0.4, -0.2) is 35.0 Å². The molecule has 1 aliphatic heterocycles. The number of rotatable bonds is 4. The summed E-state index contributed by atoms with van der Waals surface area (Å²) in [6, 6.07) is 0. The highest BCUT2D eigenvalue weighted by Crippen LogP contribution is 2.26. The molecule has 1 saturated heterocycles. The molecule has 108 valence electrons. The number of nitrogens with zero attached hydrogens (tertiary/aromatic N) is 3. The van der Waals surface area contributed by atoms with Crippen LogP contribution in [0.15, 0.2) is 6.20 Å². The maximum Gasteiger partial charge on any atom is 0.0855 e. The van der Waals surface area contributed by atoms with Crippen molar-refractivity contribution in [3.05, 3.63) is 11.9 Å². The number of aromatic nitrogens is 2. The molecule has 1 aromatic heterocycles. The monoisotopic (exact) mass is 264 g/mol. The molecular weight excluding hydrogens is 236 g/mol. The fourth-order valence-electron chi connectivity index (χ4n) is 3.09. The van der Waals surface area contributed by atoms with Gasteiger partial charge in [-0.1, -0.05) is 20.8 Å². The third-order valence-corrected chi connectivity index (χ3v) is 4.51. The number of hydrogen-bond acceptors (Lipinski definition) is 3. The highest BCUT2D eigenvalue weighted by Gasteiger charge is 2.31. The van der Waals surface area contributed by atoms with Crippen molar-refractivity contribution in [2.24, 2.45) is 7.05 Å². The fourth-order valence-corrected chi connectivity index (χ4v) is 3.09. The van der Waals surface area contributed by atoms with Crippen molar-refractivity contribution in [1.82, 2.24) is 15.1 Å². The second kappa shape index (κ2) is 5.95. The zero-order valence-corrected chi connectivity index (χ0v) is 12.9. The summed E-state index contributed by atoms with van der Waals surface area (Å²) in [5, 5.41) is 8.36. The zero-order chi connectivity index (χ0) is 13.9. The van der Waals surface area contributed by atoms with Gasteiger partial charge in [0.25, 0.3) is 0 Å². The van der Waals surface area contributed by atoms with Gasteiger partial charge in [-0.3, -0.25) is 4.68 Å². The first-order valence-electron chi connectivity index (χ1n) is 7.66. The molecule has 0 bridgehead atoms. The standard InChI is InChI=1S/C15H28N4/c1-5-13-14(11-18(4)17-13)19-10-8-9-16-15(6-2,7-3)12-19/h11,16H,5-10,12H2,1-4H3. The Bertz CT molecular complexity index is 406. The highest BCUT2D eigenvalue weighted by molar-refractivity contribution is 5.50. The van der Waals surface area contributed by atoms with E-state index in [0.29, 0.717) is 0 Å². The summed E-state index contributed by atoms with van der Waals surface area (Å²) in [6.07, 6.45) is 6.76. The lowest BCUT2D eigenvalue weighted by Crippen LogP contribution is -2.50. The van der Waals surface area contributed by atoms with E-state index < -0.39 is 0 Å². The van der Waals surface area contributed by atoms with Crippen molar-refractivity contribution in [2.75, 3.05) is 24.5 Å². The predicted octanol–water partition coefficient (Wildman–Crippen LogP) is 2.34. The SMILES string of the molecule is CCc1nn(C)cc1N1CCCNC(CC)(CC)C1. The Kier molecular flexibility index (Phi) is 4.50. The average Bonchev–Trinajstić information content (AvgIpc) is 2.69. The van der Waals surface area contributed by atoms with E-state index in [4.69, 9.17) is 0 Å². The number of anilines is 1. The lowest BCUT2D eigenvalue weighted by atomic mass is 9.92. The summed E-state index contributed by atoms with van der Waals surface area (Å²) >= 11 is 0. The summed E-state index contributed by atoms with van der Waals surface area (Å²) in [5.41, 5.74) is 2.82. The molecule has 4 heteroatoms. The van der Waals surface area contributed by atoms with Gasteiger partial charge in [0.2, 0.25) is 0 Å². The third-order valence-electron chi connectivity index (χ3n) is 4.51. The molecular formula is C15H28N4. The number of nitrogens with one attached hydrogen (secondary N) is 1. The van der Waals surface area contributed by atoms with E-state index in [1.165, 1.54) is 30.6 Å². The minimum Gasteiger partial charge on any atom is -0.367 e. The van der Waals surface area contributed by atoms with Crippen LogP contribution in [0, 0.1) is 0 Å². The van der Waals surface area contributed by atoms with E-state index in [0.717, 1.165) is 26.1 Å². The summed E-state index contributed by atoms with van der Waals surface area (Å²) in [7, 11) is 2.02. The van der Waals surface area contributed by atoms with E-state index in [-0.39, 0.29) is 5.54 Å². The Balaban J connectivity index is 2.26. The molecule has 1 fully saturated rings. The van der Waals surface area contributed by atoms with E-state index >= 15 is 0 Å². The molecule has 0 amide bonds. The van der Waals surface area contributed by atoms with E-state index in [9.17, 15) is 0 Å². The van der Waals surface area contributed by atoms with Crippen LogP contribution in [-0.2, 0) is 13.5 Å². The van der Waals surface area contributed by atoms with Crippen LogP contribution in [0.25, 0.3) is 0 Å². The average molecular weight is 264 g/mol. The van der Waals surface area contributed by atoms with Gasteiger partial charge in [-0.15, -0.1) is 0 Å². The minimum absolute atomic E-state index is 0.261. The predicted molar refractivity (Wildman–Crippen MR) is 80.7 cm³/mol. The highest BCUT2D eigenvalue weighted by atomic mass is 15.3. The van der Waals surface area contributed by atoms with Crippen LogP contribution in [0.4, 0.5) is 5.69 Å². The maximum atomic E-state index is 4.59. The second-order valence-corrected chi connectivity index (χ2v) is 5.68. The maximum absolute atomic E-state index is 4.59. The van der Waals surface area contributed by atoms with Crippen LogP contribution in [0.2, 0.25) is 0 Å². The smallest absolute Gasteiger partial charge is 0.0855 e. The lowest BCUT2D eigenvalue weighted by Gasteiger charge is -2.36. The molecule has 0 unspecified atom stereocenters. The molecule has 2 heterocycles. The van der Waals surface area contributed by atoms with Crippen LogP contribution >= 0.6 is 0 Å². The molecule has 0 radical (unpaired) electrons. The van der Waals surface area contributed by atoms with Crippen LogP contribution in [0.3, 0.4) is 0 Å². The van der Waals surface area contributed by atoms with Gasteiger partial charge in [0.1, 0.15) is 0 Å². The normalized spacial score (nSPS) is 19.5. The Hall–Kier alpha value is -1.03. The summed E-state index contributed by atoms with van der Waals surface area (Å²) in [5.74, 6) is 0. The molecule has 0 aliphatic carbocycles. The molecule has 0 saturated carbocycles. The lowest BCUT2D eigenvalue weighted by molar-refractivity contribution is 0.321. The van der Waals surface area contributed by atoms with Gasteiger partial charge in [0.15, 0.2) is 0 Å². The number of aryl methyl sites for hydroxylation is 2. The first-order chi connectivity index (χ1) is 9.14. The van der Waals surface area contributed by atoms with Gasteiger partial charge in [-0.05, 0) is 32.2 Å². The van der Waals surface area contributed by atoms with Crippen molar-refractivity contribution in [2.45, 2.75) is 52.0 Å². The van der Waals surface area contributed by atoms with E-state index in [1.54, 1.807) is 0 Å². The number of hydrogen-bond donors (Lipinski definition) is 1. The molecule has 0 spiro atoms. The van der Waals surface area contributed by atoms with Gasteiger partial charge in [-0.2, -0.15) is 5.10 Å². The minimum atomic E-state index is 0.261. The fraction of sp³-hybridized carbons (Fsp3) is 0.800. The largest absolute Gasteiger partial charge is 0.367 e. The summed E-state index contributed by atoms with van der Waals surface area (Å²) < 4.78 is 1.95. The molecule has 0 aromatic carbocycles.